The van der Waals surface area contributed by atoms with Crippen LogP contribution in [0.4, 0.5) is 0 Å². The number of ether oxygens (including phenoxy) is 2. The Morgan fingerprint density at radius 2 is 1.81 bits per heavy atom. The van der Waals surface area contributed by atoms with Gasteiger partial charge in [0, 0.05) is 5.56 Å². The standard InChI is InChI=1S/C18H21O3/c1-3-4-11-21-18-12-14(13-19)5-10-17(18)15-6-8-16(20-2)9-7-15/h5-10,12H,3-4,11,13H2,1-2H3. The van der Waals surface area contributed by atoms with Crippen LogP contribution in [0, 0.1) is 0 Å². The van der Waals surface area contributed by atoms with Crippen molar-refractivity contribution in [1.82, 2.24) is 0 Å². The molecule has 0 aliphatic carbocycles. The minimum absolute atomic E-state index is 0.229. The lowest BCUT2D eigenvalue weighted by molar-refractivity contribution is 0.177. The molecule has 1 radical (unpaired) electrons. The molecule has 21 heavy (non-hydrogen) atoms. The molecule has 0 aromatic heterocycles. The molecule has 0 spiro atoms. The molecule has 0 unspecified atom stereocenters. The summed E-state index contributed by atoms with van der Waals surface area (Å²) in [4.78, 5) is 0. The van der Waals surface area contributed by atoms with Crippen molar-refractivity contribution in [2.24, 2.45) is 0 Å². The summed E-state index contributed by atoms with van der Waals surface area (Å²) in [7, 11) is 1.65. The number of benzene rings is 2. The first kappa shape index (κ1) is 15.4. The molecule has 0 atom stereocenters. The van der Waals surface area contributed by atoms with Gasteiger partial charge in [-0.05, 0) is 35.7 Å². The fraction of sp³-hybridized carbons (Fsp3) is 0.333. The summed E-state index contributed by atoms with van der Waals surface area (Å²) in [5.41, 5.74) is 2.81. The quantitative estimate of drug-likeness (QED) is 0.704. The predicted molar refractivity (Wildman–Crippen MR) is 83.2 cm³/mol. The van der Waals surface area contributed by atoms with Gasteiger partial charge in [-0.25, -0.2) is 5.11 Å². The van der Waals surface area contributed by atoms with Crippen molar-refractivity contribution in [3.63, 3.8) is 0 Å². The second-order valence-electron chi connectivity index (χ2n) is 4.91. The third-order valence-corrected chi connectivity index (χ3v) is 3.37. The van der Waals surface area contributed by atoms with Crippen LogP contribution in [0.25, 0.3) is 11.1 Å². The first-order valence-corrected chi connectivity index (χ1v) is 7.26. The average molecular weight is 285 g/mol. The normalized spacial score (nSPS) is 10.4. The molecule has 0 aliphatic heterocycles. The molecule has 0 amide bonds. The van der Waals surface area contributed by atoms with Crippen molar-refractivity contribution >= 4 is 0 Å². The third-order valence-electron chi connectivity index (χ3n) is 3.37. The van der Waals surface area contributed by atoms with Crippen molar-refractivity contribution in [3.8, 4) is 22.6 Å². The SMILES string of the molecule is CCCCOc1cc(C[O])ccc1-c1ccc(OC)cc1. The Balaban J connectivity index is 2.31. The Morgan fingerprint density at radius 3 is 2.43 bits per heavy atom. The fourth-order valence-corrected chi connectivity index (χ4v) is 2.11. The van der Waals surface area contributed by atoms with Gasteiger partial charge in [0.05, 0.1) is 13.7 Å². The first-order chi connectivity index (χ1) is 10.3. The van der Waals surface area contributed by atoms with Crippen molar-refractivity contribution in [2.45, 2.75) is 26.4 Å². The summed E-state index contributed by atoms with van der Waals surface area (Å²) >= 11 is 0. The Morgan fingerprint density at radius 1 is 1.05 bits per heavy atom. The second-order valence-corrected chi connectivity index (χ2v) is 4.91. The Bertz CT molecular complexity index is 561. The average Bonchev–Trinajstić information content (AvgIpc) is 2.55. The molecular weight excluding hydrogens is 264 g/mol. The minimum atomic E-state index is -0.229. The van der Waals surface area contributed by atoms with E-state index in [4.69, 9.17) is 9.47 Å². The van der Waals surface area contributed by atoms with E-state index < -0.39 is 0 Å². The monoisotopic (exact) mass is 285 g/mol. The lowest BCUT2D eigenvalue weighted by Crippen LogP contribution is -1.99. The highest BCUT2D eigenvalue weighted by Gasteiger charge is 2.08. The molecule has 2 aromatic rings. The van der Waals surface area contributed by atoms with Crippen LogP contribution < -0.4 is 9.47 Å². The molecular formula is C18H21O3. The molecule has 3 heteroatoms. The van der Waals surface area contributed by atoms with Gasteiger partial charge in [0.15, 0.2) is 0 Å². The van der Waals surface area contributed by atoms with Gasteiger partial charge in [0.25, 0.3) is 0 Å². The zero-order chi connectivity index (χ0) is 15.1. The maximum Gasteiger partial charge on any atom is 0.127 e. The molecule has 0 saturated carbocycles. The van der Waals surface area contributed by atoms with Crippen LogP contribution in [-0.2, 0) is 11.7 Å². The molecule has 0 bridgehead atoms. The molecule has 2 rings (SSSR count). The van der Waals surface area contributed by atoms with Crippen molar-refractivity contribution < 1.29 is 14.6 Å². The smallest absolute Gasteiger partial charge is 0.127 e. The lowest BCUT2D eigenvalue weighted by atomic mass is 10.0. The van der Waals surface area contributed by atoms with E-state index in [0.29, 0.717) is 6.61 Å². The topological polar surface area (TPSA) is 38.4 Å². The zero-order valence-electron chi connectivity index (χ0n) is 12.6. The van der Waals surface area contributed by atoms with Gasteiger partial charge in [-0.3, -0.25) is 0 Å². The highest BCUT2D eigenvalue weighted by molar-refractivity contribution is 5.71. The predicted octanol–water partition coefficient (Wildman–Crippen LogP) is 4.47. The maximum atomic E-state index is 11.1. The Hall–Kier alpha value is -2.00. The van der Waals surface area contributed by atoms with Crippen LogP contribution >= 0.6 is 0 Å². The maximum absolute atomic E-state index is 11.1. The largest absolute Gasteiger partial charge is 0.497 e. The summed E-state index contributed by atoms with van der Waals surface area (Å²) < 4.78 is 11.0. The van der Waals surface area contributed by atoms with E-state index in [-0.39, 0.29) is 6.61 Å². The van der Waals surface area contributed by atoms with Crippen LogP contribution in [0.3, 0.4) is 0 Å². The third kappa shape index (κ3) is 3.99. The Labute approximate surface area is 126 Å². The molecule has 0 heterocycles. The molecule has 0 aliphatic rings. The summed E-state index contributed by atoms with van der Waals surface area (Å²) in [6.07, 6.45) is 2.09. The van der Waals surface area contributed by atoms with Crippen LogP contribution in [0.15, 0.2) is 42.5 Å². The molecule has 3 nitrogen and oxygen atoms in total. The number of hydrogen-bond acceptors (Lipinski definition) is 2. The van der Waals surface area contributed by atoms with Gasteiger partial charge in [-0.1, -0.05) is 37.6 Å². The van der Waals surface area contributed by atoms with E-state index in [1.165, 1.54) is 0 Å². The molecule has 0 N–H and O–H groups in total. The fourth-order valence-electron chi connectivity index (χ4n) is 2.11. The Kier molecular flexibility index (Phi) is 5.64. The number of hydrogen-bond donors (Lipinski definition) is 0. The van der Waals surface area contributed by atoms with E-state index in [9.17, 15) is 5.11 Å². The molecule has 2 aromatic carbocycles. The van der Waals surface area contributed by atoms with Crippen molar-refractivity contribution in [2.75, 3.05) is 13.7 Å². The van der Waals surface area contributed by atoms with Crippen LogP contribution in [0.2, 0.25) is 0 Å². The summed E-state index contributed by atoms with van der Waals surface area (Å²) in [5, 5.41) is 11.1. The molecule has 0 fully saturated rings. The van der Waals surface area contributed by atoms with Crippen molar-refractivity contribution in [1.29, 1.82) is 0 Å². The summed E-state index contributed by atoms with van der Waals surface area (Å²) in [6.45, 7) is 2.57. The molecule has 0 saturated heterocycles. The minimum Gasteiger partial charge on any atom is -0.497 e. The van der Waals surface area contributed by atoms with Gasteiger partial charge >= 0.3 is 0 Å². The van der Waals surface area contributed by atoms with Gasteiger partial charge in [0.1, 0.15) is 18.1 Å². The van der Waals surface area contributed by atoms with E-state index in [2.05, 4.69) is 6.92 Å². The number of unbranched alkanes of at least 4 members (excludes halogenated alkanes) is 1. The highest BCUT2D eigenvalue weighted by atomic mass is 16.5. The van der Waals surface area contributed by atoms with Gasteiger partial charge in [-0.15, -0.1) is 0 Å². The second kappa shape index (κ2) is 7.70. The number of methoxy groups -OCH3 is 1. The van der Waals surface area contributed by atoms with E-state index in [1.54, 1.807) is 7.11 Å². The van der Waals surface area contributed by atoms with E-state index >= 15 is 0 Å². The highest BCUT2D eigenvalue weighted by Crippen LogP contribution is 2.32. The van der Waals surface area contributed by atoms with E-state index in [1.807, 2.05) is 42.5 Å². The van der Waals surface area contributed by atoms with Gasteiger partial charge in [0.2, 0.25) is 0 Å². The zero-order valence-corrected chi connectivity index (χ0v) is 12.6. The van der Waals surface area contributed by atoms with Gasteiger partial charge < -0.3 is 9.47 Å². The lowest BCUT2D eigenvalue weighted by Gasteiger charge is -2.13. The number of rotatable bonds is 7. The summed E-state index contributed by atoms with van der Waals surface area (Å²) in [6, 6.07) is 13.5. The summed E-state index contributed by atoms with van der Waals surface area (Å²) in [5.74, 6) is 1.60. The van der Waals surface area contributed by atoms with E-state index in [0.717, 1.165) is 41.0 Å². The first-order valence-electron chi connectivity index (χ1n) is 7.26. The molecule has 111 valence electrons. The van der Waals surface area contributed by atoms with Gasteiger partial charge in [-0.2, -0.15) is 0 Å². The van der Waals surface area contributed by atoms with Crippen LogP contribution in [0.5, 0.6) is 11.5 Å². The van der Waals surface area contributed by atoms with Crippen LogP contribution in [-0.4, -0.2) is 13.7 Å². The van der Waals surface area contributed by atoms with Crippen molar-refractivity contribution in [3.05, 3.63) is 48.0 Å². The van der Waals surface area contributed by atoms with Crippen LogP contribution in [0.1, 0.15) is 25.3 Å².